The summed E-state index contributed by atoms with van der Waals surface area (Å²) in [6.07, 6.45) is 8.61. The molecule has 1 saturated carbocycles. The molecule has 25 heavy (non-hydrogen) atoms. The topological polar surface area (TPSA) is 38.1 Å². The van der Waals surface area contributed by atoms with Crippen molar-refractivity contribution in [2.24, 2.45) is 13.0 Å². The molecular formula is C20H22FN3O. The molecule has 2 aromatic rings. The van der Waals surface area contributed by atoms with Crippen molar-refractivity contribution in [2.75, 3.05) is 13.1 Å². The summed E-state index contributed by atoms with van der Waals surface area (Å²) in [6.45, 7) is 1.52. The Balaban J connectivity index is 1.34. The van der Waals surface area contributed by atoms with E-state index >= 15 is 0 Å². The monoisotopic (exact) mass is 339 g/mol. The minimum absolute atomic E-state index is 0.123. The Labute approximate surface area is 146 Å². The number of hydrogen-bond donors (Lipinski definition) is 0. The first-order chi connectivity index (χ1) is 12.1. The Morgan fingerprint density at radius 2 is 2.12 bits per heavy atom. The van der Waals surface area contributed by atoms with Crippen molar-refractivity contribution < 1.29 is 9.18 Å². The van der Waals surface area contributed by atoms with Crippen LogP contribution in [0.1, 0.15) is 36.3 Å². The van der Waals surface area contributed by atoms with Gasteiger partial charge in [0.05, 0.1) is 6.20 Å². The van der Waals surface area contributed by atoms with Gasteiger partial charge < -0.3 is 4.90 Å². The van der Waals surface area contributed by atoms with E-state index in [-0.39, 0.29) is 17.6 Å². The van der Waals surface area contributed by atoms with Crippen LogP contribution in [0.3, 0.4) is 0 Å². The Morgan fingerprint density at radius 1 is 1.32 bits per heavy atom. The van der Waals surface area contributed by atoms with Crippen LogP contribution in [0.15, 0.2) is 42.2 Å². The molecule has 2 atom stereocenters. The molecule has 0 unspecified atom stereocenters. The molecule has 1 aliphatic carbocycles. The number of carbonyl (C=O) groups is 1. The summed E-state index contributed by atoms with van der Waals surface area (Å²) < 4.78 is 15.1. The van der Waals surface area contributed by atoms with Crippen LogP contribution >= 0.6 is 0 Å². The Bertz CT molecular complexity index is 816. The predicted octanol–water partition coefficient (Wildman–Crippen LogP) is 3.37. The molecule has 0 spiro atoms. The second-order valence-corrected chi connectivity index (χ2v) is 7.08. The fourth-order valence-electron chi connectivity index (χ4n) is 3.69. The normalized spacial score (nSPS) is 22.8. The van der Waals surface area contributed by atoms with Gasteiger partial charge in [0.2, 0.25) is 5.91 Å². The van der Waals surface area contributed by atoms with Crippen molar-refractivity contribution >= 4 is 12.0 Å². The first kappa shape index (κ1) is 16.1. The lowest BCUT2D eigenvalue weighted by molar-refractivity contribution is -0.133. The van der Waals surface area contributed by atoms with E-state index in [0.29, 0.717) is 5.92 Å². The van der Waals surface area contributed by atoms with Crippen LogP contribution < -0.4 is 0 Å². The molecule has 1 aliphatic heterocycles. The van der Waals surface area contributed by atoms with Crippen LogP contribution in [0.5, 0.6) is 0 Å². The van der Waals surface area contributed by atoms with Gasteiger partial charge in [-0.05, 0) is 48.4 Å². The van der Waals surface area contributed by atoms with Crippen molar-refractivity contribution in [1.82, 2.24) is 14.7 Å². The highest BCUT2D eigenvalue weighted by atomic mass is 19.1. The van der Waals surface area contributed by atoms with Crippen molar-refractivity contribution in [3.63, 3.8) is 0 Å². The smallest absolute Gasteiger partial charge is 0.226 e. The molecular weight excluding hydrogens is 317 g/mol. The molecule has 0 N–H and O–H groups in total. The summed E-state index contributed by atoms with van der Waals surface area (Å²) >= 11 is 0. The number of aryl methyl sites for hydroxylation is 1. The van der Waals surface area contributed by atoms with Gasteiger partial charge in [0.1, 0.15) is 5.82 Å². The zero-order chi connectivity index (χ0) is 17.4. The highest BCUT2D eigenvalue weighted by Gasteiger charge is 2.46. The van der Waals surface area contributed by atoms with Crippen molar-refractivity contribution in [2.45, 2.75) is 25.2 Å². The SMILES string of the molecule is Cn1cc([C@H]2C[C@H]2C(=O)N2CCC(=Cc3cccc(F)c3)CC2)cn1. The standard InChI is InChI=1S/C20H22FN3O/c1-23-13-16(12-22-23)18-11-19(18)20(25)24-7-5-14(6-8-24)9-15-3-2-4-17(21)10-15/h2-4,9-10,12-13,18-19H,5-8,11H2,1H3/t18-,19-/m1/s1. The summed E-state index contributed by atoms with van der Waals surface area (Å²) in [6, 6.07) is 6.65. The average molecular weight is 339 g/mol. The number of piperidine rings is 1. The maximum absolute atomic E-state index is 13.3. The van der Waals surface area contributed by atoms with Gasteiger partial charge in [-0.25, -0.2) is 4.39 Å². The maximum atomic E-state index is 13.3. The molecule has 5 heteroatoms. The lowest BCUT2D eigenvalue weighted by Gasteiger charge is -2.29. The number of amides is 1. The zero-order valence-corrected chi connectivity index (χ0v) is 14.4. The van der Waals surface area contributed by atoms with E-state index in [1.54, 1.807) is 16.8 Å². The molecule has 130 valence electrons. The highest BCUT2D eigenvalue weighted by Crippen LogP contribution is 2.48. The van der Waals surface area contributed by atoms with E-state index in [1.165, 1.54) is 17.2 Å². The first-order valence-corrected chi connectivity index (χ1v) is 8.82. The second-order valence-electron chi connectivity index (χ2n) is 7.08. The van der Waals surface area contributed by atoms with Crippen LogP contribution in [-0.2, 0) is 11.8 Å². The van der Waals surface area contributed by atoms with Gasteiger partial charge in [-0.15, -0.1) is 0 Å². The number of carbonyl (C=O) groups excluding carboxylic acids is 1. The number of benzene rings is 1. The molecule has 4 rings (SSSR count). The number of rotatable bonds is 3. The predicted molar refractivity (Wildman–Crippen MR) is 94.2 cm³/mol. The number of aromatic nitrogens is 2. The summed E-state index contributed by atoms with van der Waals surface area (Å²) in [4.78, 5) is 14.7. The van der Waals surface area contributed by atoms with Gasteiger partial charge in [0.15, 0.2) is 0 Å². The summed E-state index contributed by atoms with van der Waals surface area (Å²) in [5.74, 6) is 0.527. The second kappa shape index (κ2) is 6.47. The van der Waals surface area contributed by atoms with E-state index in [9.17, 15) is 9.18 Å². The molecule has 2 aliphatic rings. The maximum Gasteiger partial charge on any atom is 0.226 e. The van der Waals surface area contributed by atoms with Gasteiger partial charge in [-0.3, -0.25) is 9.48 Å². The van der Waals surface area contributed by atoms with Gasteiger partial charge >= 0.3 is 0 Å². The first-order valence-electron chi connectivity index (χ1n) is 8.82. The van der Waals surface area contributed by atoms with Gasteiger partial charge in [-0.1, -0.05) is 23.8 Å². The highest BCUT2D eigenvalue weighted by molar-refractivity contribution is 5.83. The third kappa shape index (κ3) is 3.50. The minimum Gasteiger partial charge on any atom is -0.342 e. The molecule has 0 radical (unpaired) electrons. The van der Waals surface area contributed by atoms with Crippen LogP contribution in [-0.4, -0.2) is 33.7 Å². The van der Waals surface area contributed by atoms with Crippen LogP contribution in [0.25, 0.3) is 6.08 Å². The third-order valence-corrected chi connectivity index (χ3v) is 5.20. The van der Waals surface area contributed by atoms with Crippen LogP contribution in [0.2, 0.25) is 0 Å². The van der Waals surface area contributed by atoms with E-state index in [2.05, 4.69) is 11.2 Å². The Hall–Kier alpha value is -2.43. The minimum atomic E-state index is -0.211. The molecule has 1 aromatic carbocycles. The molecule has 0 bridgehead atoms. The fraction of sp³-hybridized carbons (Fsp3) is 0.400. The lowest BCUT2D eigenvalue weighted by atomic mass is 10.0. The number of hydrogen-bond acceptors (Lipinski definition) is 2. The Kier molecular flexibility index (Phi) is 4.15. The van der Waals surface area contributed by atoms with E-state index < -0.39 is 0 Å². The summed E-state index contributed by atoms with van der Waals surface area (Å²) in [7, 11) is 1.90. The van der Waals surface area contributed by atoms with Gasteiger partial charge in [0, 0.05) is 32.3 Å². The van der Waals surface area contributed by atoms with Crippen molar-refractivity contribution in [3.05, 3.63) is 59.2 Å². The number of halogens is 1. The fourth-order valence-corrected chi connectivity index (χ4v) is 3.69. The average Bonchev–Trinajstić information content (AvgIpc) is 3.29. The van der Waals surface area contributed by atoms with Crippen molar-refractivity contribution in [1.29, 1.82) is 0 Å². The molecule has 1 saturated heterocycles. The van der Waals surface area contributed by atoms with E-state index in [4.69, 9.17) is 0 Å². The summed E-state index contributed by atoms with van der Waals surface area (Å²) in [5.41, 5.74) is 3.35. The molecule has 2 heterocycles. The van der Waals surface area contributed by atoms with Gasteiger partial charge in [0.25, 0.3) is 0 Å². The quantitative estimate of drug-likeness (QED) is 0.860. The zero-order valence-electron chi connectivity index (χ0n) is 14.4. The van der Waals surface area contributed by atoms with Gasteiger partial charge in [-0.2, -0.15) is 5.10 Å². The molecule has 1 aromatic heterocycles. The molecule has 1 amide bonds. The molecule has 2 fully saturated rings. The molecule has 4 nitrogen and oxygen atoms in total. The Morgan fingerprint density at radius 3 is 2.80 bits per heavy atom. The number of likely N-dealkylation sites (tertiary alicyclic amines) is 1. The van der Waals surface area contributed by atoms with Crippen LogP contribution in [0.4, 0.5) is 4.39 Å². The van der Waals surface area contributed by atoms with Crippen LogP contribution in [0, 0.1) is 11.7 Å². The lowest BCUT2D eigenvalue weighted by Crippen LogP contribution is -2.37. The largest absolute Gasteiger partial charge is 0.342 e. The number of nitrogens with zero attached hydrogens (tertiary/aromatic N) is 3. The van der Waals surface area contributed by atoms with E-state index in [1.807, 2.05) is 30.4 Å². The third-order valence-electron chi connectivity index (χ3n) is 5.20. The van der Waals surface area contributed by atoms with E-state index in [0.717, 1.165) is 37.9 Å². The summed E-state index contributed by atoms with van der Waals surface area (Å²) in [5, 5.41) is 4.20. The van der Waals surface area contributed by atoms with Crippen molar-refractivity contribution in [3.8, 4) is 0 Å².